The van der Waals surface area contributed by atoms with Gasteiger partial charge in [-0.1, -0.05) is 30.3 Å². The van der Waals surface area contributed by atoms with Crippen LogP contribution in [0.15, 0.2) is 42.5 Å². The van der Waals surface area contributed by atoms with E-state index in [1.807, 2.05) is 18.2 Å². The summed E-state index contributed by atoms with van der Waals surface area (Å²) in [6.07, 6.45) is 2.34. The fourth-order valence-corrected chi connectivity index (χ4v) is 3.60. The van der Waals surface area contributed by atoms with Crippen molar-refractivity contribution in [3.63, 3.8) is 0 Å². The van der Waals surface area contributed by atoms with Gasteiger partial charge in [0.05, 0.1) is 12.3 Å². The van der Waals surface area contributed by atoms with E-state index in [9.17, 15) is 0 Å². The number of aromatic nitrogens is 2. The fourth-order valence-electron chi connectivity index (χ4n) is 3.60. The molecule has 2 aliphatic rings. The zero-order valence-corrected chi connectivity index (χ0v) is 14.0. The Kier molecular flexibility index (Phi) is 4.71. The predicted octanol–water partition coefficient (Wildman–Crippen LogP) is 2.44. The van der Waals surface area contributed by atoms with E-state index >= 15 is 0 Å². The summed E-state index contributed by atoms with van der Waals surface area (Å²) in [5, 5.41) is 8.90. The minimum absolute atomic E-state index is 0.608. The molecule has 1 aromatic heterocycles. The molecule has 5 nitrogen and oxygen atoms in total. The lowest BCUT2D eigenvalue weighted by Gasteiger charge is -2.26. The van der Waals surface area contributed by atoms with Crippen LogP contribution in [-0.2, 0) is 4.74 Å². The zero-order valence-electron chi connectivity index (χ0n) is 14.0. The third-order valence-corrected chi connectivity index (χ3v) is 5.00. The minimum atomic E-state index is 0.608. The van der Waals surface area contributed by atoms with Gasteiger partial charge in [0.25, 0.3) is 0 Å². The highest BCUT2D eigenvalue weighted by molar-refractivity contribution is 5.59. The number of rotatable bonds is 3. The van der Waals surface area contributed by atoms with Gasteiger partial charge in [0.2, 0.25) is 0 Å². The topological polar surface area (TPSA) is 41.5 Å². The van der Waals surface area contributed by atoms with Gasteiger partial charge in [-0.15, -0.1) is 10.2 Å². The van der Waals surface area contributed by atoms with Crippen LogP contribution < -0.4 is 4.90 Å². The van der Waals surface area contributed by atoms with Crippen molar-refractivity contribution >= 4 is 5.82 Å². The number of hydrogen-bond donors (Lipinski definition) is 0. The van der Waals surface area contributed by atoms with Crippen LogP contribution in [0.5, 0.6) is 0 Å². The molecule has 1 atom stereocenters. The molecule has 1 unspecified atom stereocenters. The highest BCUT2D eigenvalue weighted by Gasteiger charge is 2.25. The molecule has 0 amide bonds. The first kappa shape index (κ1) is 15.5. The van der Waals surface area contributed by atoms with Crippen molar-refractivity contribution in [2.24, 2.45) is 0 Å². The third-order valence-electron chi connectivity index (χ3n) is 5.00. The van der Waals surface area contributed by atoms with Gasteiger partial charge in [0.1, 0.15) is 0 Å². The number of benzene rings is 1. The standard InChI is InChI=1S/C19H24N4O/c1-2-5-16(6-3-1)18-7-8-19(21-20-18)23-11-4-10-22(12-13-23)17-9-14-24-15-17/h1-3,5-8,17H,4,9-15H2. The maximum atomic E-state index is 5.54. The van der Waals surface area contributed by atoms with Crippen LogP contribution >= 0.6 is 0 Å². The van der Waals surface area contributed by atoms with Crippen LogP contribution in [0.4, 0.5) is 5.82 Å². The van der Waals surface area contributed by atoms with Gasteiger partial charge < -0.3 is 9.64 Å². The van der Waals surface area contributed by atoms with E-state index < -0.39 is 0 Å². The van der Waals surface area contributed by atoms with Crippen molar-refractivity contribution in [2.45, 2.75) is 18.9 Å². The lowest BCUT2D eigenvalue weighted by molar-refractivity contribution is 0.148. The highest BCUT2D eigenvalue weighted by atomic mass is 16.5. The summed E-state index contributed by atoms with van der Waals surface area (Å²) in [6, 6.07) is 15.0. The summed E-state index contributed by atoms with van der Waals surface area (Å²) >= 11 is 0. The quantitative estimate of drug-likeness (QED) is 0.867. The summed E-state index contributed by atoms with van der Waals surface area (Å²) in [6.45, 7) is 6.10. The Morgan fingerprint density at radius 1 is 0.917 bits per heavy atom. The normalized spacial score (nSPS) is 22.5. The molecule has 3 heterocycles. The lowest BCUT2D eigenvalue weighted by atomic mass is 10.1. The molecule has 0 spiro atoms. The van der Waals surface area contributed by atoms with E-state index in [4.69, 9.17) is 4.74 Å². The van der Waals surface area contributed by atoms with E-state index in [1.54, 1.807) is 0 Å². The van der Waals surface area contributed by atoms with E-state index in [-0.39, 0.29) is 0 Å². The van der Waals surface area contributed by atoms with Crippen LogP contribution in [0.2, 0.25) is 0 Å². The second kappa shape index (κ2) is 7.28. The van der Waals surface area contributed by atoms with E-state index in [2.05, 4.69) is 44.3 Å². The monoisotopic (exact) mass is 324 g/mol. The highest BCUT2D eigenvalue weighted by Crippen LogP contribution is 2.20. The van der Waals surface area contributed by atoms with Crippen molar-refractivity contribution in [3.05, 3.63) is 42.5 Å². The van der Waals surface area contributed by atoms with Crippen molar-refractivity contribution in [1.82, 2.24) is 15.1 Å². The summed E-state index contributed by atoms with van der Waals surface area (Å²) in [5.74, 6) is 0.985. The first-order valence-electron chi connectivity index (χ1n) is 8.86. The molecule has 2 aromatic rings. The summed E-state index contributed by atoms with van der Waals surface area (Å²) in [7, 11) is 0. The average Bonchev–Trinajstić information content (AvgIpc) is 3.07. The Bertz CT molecular complexity index is 640. The van der Waals surface area contributed by atoms with Gasteiger partial charge in [-0.3, -0.25) is 4.90 Å². The molecule has 0 aliphatic carbocycles. The van der Waals surface area contributed by atoms with Gasteiger partial charge in [0.15, 0.2) is 5.82 Å². The first-order chi connectivity index (χ1) is 11.9. The molecular weight excluding hydrogens is 300 g/mol. The SMILES string of the molecule is c1ccc(-c2ccc(N3CCCN(C4CCOC4)CC3)nn2)cc1. The lowest BCUT2D eigenvalue weighted by Crippen LogP contribution is -2.38. The maximum Gasteiger partial charge on any atom is 0.151 e. The molecular formula is C19H24N4O. The molecule has 2 aliphatic heterocycles. The number of ether oxygens (including phenoxy) is 1. The molecule has 126 valence electrons. The van der Waals surface area contributed by atoms with Crippen LogP contribution in [0, 0.1) is 0 Å². The zero-order chi connectivity index (χ0) is 16.2. The van der Waals surface area contributed by atoms with E-state index in [1.165, 1.54) is 12.8 Å². The first-order valence-corrected chi connectivity index (χ1v) is 8.86. The minimum Gasteiger partial charge on any atom is -0.380 e. The van der Waals surface area contributed by atoms with Gasteiger partial charge in [0, 0.05) is 44.4 Å². The average molecular weight is 324 g/mol. The molecule has 0 radical (unpaired) electrons. The third kappa shape index (κ3) is 3.42. The van der Waals surface area contributed by atoms with Gasteiger partial charge in [-0.05, 0) is 25.0 Å². The fraction of sp³-hybridized carbons (Fsp3) is 0.474. The maximum absolute atomic E-state index is 5.54. The van der Waals surface area contributed by atoms with Crippen molar-refractivity contribution in [2.75, 3.05) is 44.3 Å². The Balaban J connectivity index is 1.42. The molecule has 0 N–H and O–H groups in total. The molecule has 24 heavy (non-hydrogen) atoms. The van der Waals surface area contributed by atoms with Gasteiger partial charge in [-0.2, -0.15) is 0 Å². The summed E-state index contributed by atoms with van der Waals surface area (Å²) in [4.78, 5) is 4.94. The summed E-state index contributed by atoms with van der Waals surface area (Å²) in [5.41, 5.74) is 2.04. The smallest absolute Gasteiger partial charge is 0.151 e. The Hall–Kier alpha value is -1.98. The van der Waals surface area contributed by atoms with Crippen molar-refractivity contribution in [1.29, 1.82) is 0 Å². The van der Waals surface area contributed by atoms with Crippen LogP contribution in [0.3, 0.4) is 0 Å². The molecule has 5 heteroatoms. The Morgan fingerprint density at radius 2 is 1.83 bits per heavy atom. The van der Waals surface area contributed by atoms with Crippen LogP contribution in [0.25, 0.3) is 11.3 Å². The summed E-state index contributed by atoms with van der Waals surface area (Å²) < 4.78 is 5.54. The number of hydrogen-bond acceptors (Lipinski definition) is 5. The van der Waals surface area contributed by atoms with Crippen molar-refractivity contribution in [3.8, 4) is 11.3 Å². The second-order valence-electron chi connectivity index (χ2n) is 6.54. The Labute approximate surface area is 143 Å². The predicted molar refractivity (Wildman–Crippen MR) is 95.1 cm³/mol. The number of anilines is 1. The molecule has 0 bridgehead atoms. The molecule has 1 aromatic carbocycles. The molecule has 2 fully saturated rings. The second-order valence-corrected chi connectivity index (χ2v) is 6.54. The van der Waals surface area contributed by atoms with E-state index in [0.29, 0.717) is 6.04 Å². The van der Waals surface area contributed by atoms with E-state index in [0.717, 1.165) is 56.5 Å². The van der Waals surface area contributed by atoms with Crippen molar-refractivity contribution < 1.29 is 4.74 Å². The Morgan fingerprint density at radius 3 is 2.58 bits per heavy atom. The van der Waals surface area contributed by atoms with Crippen LogP contribution in [-0.4, -0.2) is 60.5 Å². The van der Waals surface area contributed by atoms with Gasteiger partial charge >= 0.3 is 0 Å². The molecule has 2 saturated heterocycles. The van der Waals surface area contributed by atoms with Crippen LogP contribution in [0.1, 0.15) is 12.8 Å². The number of nitrogens with zero attached hydrogens (tertiary/aromatic N) is 4. The molecule has 4 rings (SSSR count). The van der Waals surface area contributed by atoms with Gasteiger partial charge in [-0.25, -0.2) is 0 Å². The largest absolute Gasteiger partial charge is 0.380 e. The molecule has 0 saturated carbocycles.